The van der Waals surface area contributed by atoms with Crippen LogP contribution in [-0.2, 0) is 9.84 Å². The number of furan rings is 1. The van der Waals surface area contributed by atoms with E-state index < -0.39 is 9.84 Å². The monoisotopic (exact) mass is 444 g/mol. The molecular weight excluding hydrogens is 424 g/mol. The fourth-order valence-corrected chi connectivity index (χ4v) is 4.91. The number of rotatable bonds is 5. The highest BCUT2D eigenvalue weighted by Gasteiger charge is 2.18. The van der Waals surface area contributed by atoms with Crippen molar-refractivity contribution in [1.29, 1.82) is 0 Å². The third kappa shape index (κ3) is 3.59. The number of hydrogen-bond donors (Lipinski definition) is 0. The van der Waals surface area contributed by atoms with Gasteiger partial charge in [-0.1, -0.05) is 11.6 Å². The van der Waals surface area contributed by atoms with Gasteiger partial charge in [0.15, 0.2) is 0 Å². The van der Waals surface area contributed by atoms with Crippen molar-refractivity contribution in [3.8, 4) is 17.2 Å². The summed E-state index contributed by atoms with van der Waals surface area (Å²) in [5, 5.41) is 2.01. The number of aryl methyl sites for hydroxylation is 1. The first kappa shape index (κ1) is 20.2. The largest absolute Gasteiger partial charge is 0.497 e. The van der Waals surface area contributed by atoms with E-state index in [1.807, 2.05) is 37.3 Å². The Morgan fingerprint density at radius 3 is 1.81 bits per heavy atom. The molecule has 0 fully saturated rings. The Kier molecular flexibility index (Phi) is 4.87. The highest BCUT2D eigenvalue weighted by atomic mass is 32.2. The summed E-state index contributed by atoms with van der Waals surface area (Å²) in [6.45, 7) is 2.04. The molecule has 0 radical (unpaired) electrons. The number of ether oxygens (including phenoxy) is 2. The second-order valence-corrected chi connectivity index (χ2v) is 9.46. The first-order chi connectivity index (χ1) is 15.4. The van der Waals surface area contributed by atoms with Crippen molar-refractivity contribution in [1.82, 2.24) is 0 Å². The highest BCUT2D eigenvalue weighted by molar-refractivity contribution is 7.91. The lowest BCUT2D eigenvalue weighted by atomic mass is 10.1. The van der Waals surface area contributed by atoms with Gasteiger partial charge in [-0.15, -0.1) is 0 Å². The van der Waals surface area contributed by atoms with E-state index in [4.69, 9.17) is 13.9 Å². The number of fused-ring (bicyclic) bond motifs is 3. The second-order valence-electron chi connectivity index (χ2n) is 7.51. The van der Waals surface area contributed by atoms with Crippen molar-refractivity contribution in [3.05, 3.63) is 90.5 Å². The first-order valence-corrected chi connectivity index (χ1v) is 11.5. The van der Waals surface area contributed by atoms with Crippen molar-refractivity contribution < 1.29 is 22.3 Å². The van der Waals surface area contributed by atoms with Crippen molar-refractivity contribution in [2.24, 2.45) is 0 Å². The fourth-order valence-electron chi connectivity index (χ4n) is 3.65. The summed E-state index contributed by atoms with van der Waals surface area (Å²) < 4.78 is 42.7. The molecule has 0 atom stereocenters. The van der Waals surface area contributed by atoms with Gasteiger partial charge in [-0.3, -0.25) is 0 Å². The van der Waals surface area contributed by atoms with Crippen molar-refractivity contribution in [3.63, 3.8) is 0 Å². The fraction of sp³-hybridized carbons (Fsp3) is 0.0769. The zero-order valence-corrected chi connectivity index (χ0v) is 18.3. The van der Waals surface area contributed by atoms with E-state index in [0.717, 1.165) is 27.5 Å². The average molecular weight is 445 g/mol. The number of methoxy groups -OCH3 is 1. The van der Waals surface area contributed by atoms with Crippen LogP contribution in [0.4, 0.5) is 0 Å². The summed E-state index contributed by atoms with van der Waals surface area (Å²) in [5.74, 6) is 1.79. The van der Waals surface area contributed by atoms with E-state index in [2.05, 4.69) is 6.07 Å². The summed E-state index contributed by atoms with van der Waals surface area (Å²) in [6, 6.07) is 24.4. The van der Waals surface area contributed by atoms with Gasteiger partial charge < -0.3 is 13.9 Å². The SMILES string of the molecule is COc1ccc(S(=O)(=O)c2ccc(Oc3ccc4oc5ccc(C)cc5c4c3)cc2)cc1. The molecule has 0 amide bonds. The predicted octanol–water partition coefficient (Wildman–Crippen LogP) is 6.53. The topological polar surface area (TPSA) is 65.7 Å². The molecule has 1 heterocycles. The van der Waals surface area contributed by atoms with Crippen LogP contribution in [0, 0.1) is 6.92 Å². The molecular formula is C26H20O5S. The molecule has 4 aromatic carbocycles. The third-order valence-corrected chi connectivity index (χ3v) is 7.12. The molecule has 0 bridgehead atoms. The summed E-state index contributed by atoms with van der Waals surface area (Å²) >= 11 is 0. The van der Waals surface area contributed by atoms with Crippen LogP contribution in [0.3, 0.4) is 0 Å². The van der Waals surface area contributed by atoms with Gasteiger partial charge in [-0.25, -0.2) is 8.42 Å². The quantitative estimate of drug-likeness (QED) is 0.308. The predicted molar refractivity (Wildman–Crippen MR) is 123 cm³/mol. The molecule has 6 heteroatoms. The lowest BCUT2D eigenvalue weighted by Crippen LogP contribution is -2.01. The summed E-state index contributed by atoms with van der Waals surface area (Å²) in [7, 11) is -2.09. The smallest absolute Gasteiger partial charge is 0.206 e. The molecule has 5 nitrogen and oxygen atoms in total. The molecule has 0 aliphatic carbocycles. The molecule has 0 N–H and O–H groups in total. The van der Waals surface area contributed by atoms with Crippen LogP contribution >= 0.6 is 0 Å². The molecule has 0 spiro atoms. The van der Waals surface area contributed by atoms with Crippen LogP contribution in [-0.4, -0.2) is 15.5 Å². The zero-order valence-electron chi connectivity index (χ0n) is 17.5. The van der Waals surface area contributed by atoms with Crippen molar-refractivity contribution >= 4 is 31.8 Å². The minimum absolute atomic E-state index is 0.196. The van der Waals surface area contributed by atoms with Gasteiger partial charge in [0.2, 0.25) is 9.84 Å². The number of hydrogen-bond acceptors (Lipinski definition) is 5. The third-order valence-electron chi connectivity index (χ3n) is 5.34. The summed E-state index contributed by atoms with van der Waals surface area (Å²) in [4.78, 5) is 0.404. The van der Waals surface area contributed by atoms with E-state index in [1.54, 1.807) is 36.4 Å². The van der Waals surface area contributed by atoms with Gasteiger partial charge in [0.1, 0.15) is 28.4 Å². The Bertz CT molecular complexity index is 1530. The standard InChI is InChI=1S/C26H20O5S/c1-17-3-13-25-23(15-17)24-16-20(8-14-26(24)31-25)30-19-6-11-22(12-7-19)32(27,28)21-9-4-18(29-2)5-10-21/h3-16H,1-2H3. The summed E-state index contributed by atoms with van der Waals surface area (Å²) in [6.07, 6.45) is 0. The Morgan fingerprint density at radius 2 is 1.19 bits per heavy atom. The Balaban J connectivity index is 1.42. The van der Waals surface area contributed by atoms with Crippen LogP contribution in [0.25, 0.3) is 21.9 Å². The zero-order chi connectivity index (χ0) is 22.3. The Morgan fingerprint density at radius 1 is 0.656 bits per heavy atom. The maximum Gasteiger partial charge on any atom is 0.206 e. The Labute approximate surface area is 185 Å². The molecule has 0 aliphatic rings. The molecule has 5 rings (SSSR count). The molecule has 0 aliphatic heterocycles. The van der Waals surface area contributed by atoms with Gasteiger partial charge in [0.05, 0.1) is 16.9 Å². The van der Waals surface area contributed by atoms with E-state index in [-0.39, 0.29) is 9.79 Å². The van der Waals surface area contributed by atoms with Gasteiger partial charge in [-0.2, -0.15) is 0 Å². The van der Waals surface area contributed by atoms with E-state index >= 15 is 0 Å². The van der Waals surface area contributed by atoms with Gasteiger partial charge in [-0.05, 0) is 85.8 Å². The van der Waals surface area contributed by atoms with E-state index in [9.17, 15) is 8.42 Å². The van der Waals surface area contributed by atoms with Crippen molar-refractivity contribution in [2.75, 3.05) is 7.11 Å². The summed E-state index contributed by atoms with van der Waals surface area (Å²) in [5.41, 5.74) is 2.77. The van der Waals surface area contributed by atoms with Crippen molar-refractivity contribution in [2.45, 2.75) is 16.7 Å². The molecule has 0 saturated carbocycles. The minimum atomic E-state index is -3.63. The Hall–Kier alpha value is -3.77. The highest BCUT2D eigenvalue weighted by Crippen LogP contribution is 2.34. The van der Waals surface area contributed by atoms with Crippen LogP contribution in [0.15, 0.2) is 99.1 Å². The van der Waals surface area contributed by atoms with Crippen LogP contribution in [0.1, 0.15) is 5.56 Å². The average Bonchev–Trinajstić information content (AvgIpc) is 3.16. The molecule has 5 aromatic rings. The maximum absolute atomic E-state index is 12.9. The number of sulfone groups is 1. The maximum atomic E-state index is 12.9. The number of benzene rings is 4. The second kappa shape index (κ2) is 7.73. The lowest BCUT2D eigenvalue weighted by molar-refractivity contribution is 0.414. The normalized spacial score (nSPS) is 11.7. The van der Waals surface area contributed by atoms with E-state index in [1.165, 1.54) is 19.2 Å². The van der Waals surface area contributed by atoms with Crippen LogP contribution < -0.4 is 9.47 Å². The lowest BCUT2D eigenvalue weighted by Gasteiger charge is -2.08. The molecule has 32 heavy (non-hydrogen) atoms. The van der Waals surface area contributed by atoms with Gasteiger partial charge in [0.25, 0.3) is 0 Å². The molecule has 0 saturated heterocycles. The van der Waals surface area contributed by atoms with E-state index in [0.29, 0.717) is 17.2 Å². The van der Waals surface area contributed by atoms with Crippen LogP contribution in [0.5, 0.6) is 17.2 Å². The van der Waals surface area contributed by atoms with Crippen LogP contribution in [0.2, 0.25) is 0 Å². The van der Waals surface area contributed by atoms with Gasteiger partial charge >= 0.3 is 0 Å². The molecule has 0 unspecified atom stereocenters. The minimum Gasteiger partial charge on any atom is -0.497 e. The first-order valence-electron chi connectivity index (χ1n) is 10.0. The molecule has 160 valence electrons. The van der Waals surface area contributed by atoms with Gasteiger partial charge in [0, 0.05) is 10.8 Å². The molecule has 1 aromatic heterocycles.